The van der Waals surface area contributed by atoms with Gasteiger partial charge in [-0.05, 0) is 46.4 Å². The third-order valence-corrected chi connectivity index (χ3v) is 6.62. The lowest BCUT2D eigenvalue weighted by Crippen LogP contribution is -2.42. The first-order valence-corrected chi connectivity index (χ1v) is 11.9. The van der Waals surface area contributed by atoms with E-state index in [1.54, 1.807) is 6.20 Å². The van der Waals surface area contributed by atoms with Crippen molar-refractivity contribution in [3.8, 4) is 22.4 Å². The Kier molecular flexibility index (Phi) is 6.50. The number of carbonyl (C=O) groups is 2. The number of pyridine rings is 1. The first-order chi connectivity index (χ1) is 17.5. The highest BCUT2D eigenvalue weighted by atomic mass is 16.5. The van der Waals surface area contributed by atoms with Crippen LogP contribution in [0.4, 0.5) is 4.79 Å². The Bertz CT molecular complexity index is 1370. The van der Waals surface area contributed by atoms with E-state index in [1.807, 2.05) is 79.7 Å². The van der Waals surface area contributed by atoms with Crippen molar-refractivity contribution in [1.29, 1.82) is 0 Å². The number of hydrogen-bond donors (Lipinski definition) is 2. The number of carboxylic acid groups (broad SMARTS) is 1. The summed E-state index contributed by atoms with van der Waals surface area (Å²) in [7, 11) is 0. The van der Waals surface area contributed by atoms with Crippen LogP contribution in [0.2, 0.25) is 0 Å². The summed E-state index contributed by atoms with van der Waals surface area (Å²) < 4.78 is 5.52. The average molecular weight is 479 g/mol. The minimum atomic E-state index is -1.13. The van der Waals surface area contributed by atoms with E-state index in [-0.39, 0.29) is 18.9 Å². The molecule has 1 heterocycles. The number of nitrogens with zero attached hydrogens (tertiary/aromatic N) is 1. The summed E-state index contributed by atoms with van der Waals surface area (Å²) in [6.45, 7) is 2.14. The van der Waals surface area contributed by atoms with Crippen LogP contribution in [0, 0.1) is 6.92 Å². The molecule has 1 aliphatic carbocycles. The minimum absolute atomic E-state index is 0.0929. The third kappa shape index (κ3) is 4.70. The van der Waals surface area contributed by atoms with Crippen molar-refractivity contribution in [3.63, 3.8) is 0 Å². The number of carboxylic acids is 1. The van der Waals surface area contributed by atoms with Gasteiger partial charge in [0.1, 0.15) is 12.6 Å². The molecule has 0 saturated heterocycles. The van der Waals surface area contributed by atoms with Gasteiger partial charge in [-0.15, -0.1) is 0 Å². The van der Waals surface area contributed by atoms with Crippen LogP contribution >= 0.6 is 0 Å². The Morgan fingerprint density at radius 2 is 1.50 bits per heavy atom. The molecule has 4 aromatic rings. The Labute approximate surface area is 209 Å². The molecule has 1 aliphatic rings. The van der Waals surface area contributed by atoms with Gasteiger partial charge in [0.2, 0.25) is 0 Å². The van der Waals surface area contributed by atoms with Gasteiger partial charge in [-0.25, -0.2) is 9.59 Å². The summed E-state index contributed by atoms with van der Waals surface area (Å²) in [6.07, 6.45) is 0.992. The number of amides is 1. The average Bonchev–Trinajstić information content (AvgIpc) is 3.21. The maximum atomic E-state index is 12.6. The van der Waals surface area contributed by atoms with Crippen LogP contribution < -0.4 is 5.32 Å². The molecule has 6 nitrogen and oxygen atoms in total. The van der Waals surface area contributed by atoms with Gasteiger partial charge in [0, 0.05) is 24.1 Å². The van der Waals surface area contributed by atoms with Crippen LogP contribution in [0.1, 0.15) is 28.2 Å². The van der Waals surface area contributed by atoms with Gasteiger partial charge in [0.15, 0.2) is 0 Å². The number of nitrogens with one attached hydrogen (secondary N) is 1. The van der Waals surface area contributed by atoms with Gasteiger partial charge in [-0.2, -0.15) is 0 Å². The summed E-state index contributed by atoms with van der Waals surface area (Å²) in [5.74, 6) is -1.23. The number of ether oxygens (including phenoxy) is 1. The number of carbonyl (C=O) groups excluding carboxylic acids is 1. The fourth-order valence-corrected chi connectivity index (χ4v) is 4.78. The van der Waals surface area contributed by atoms with E-state index in [4.69, 9.17) is 4.74 Å². The molecular weight excluding hydrogens is 452 g/mol. The fourth-order valence-electron chi connectivity index (χ4n) is 4.78. The van der Waals surface area contributed by atoms with Crippen molar-refractivity contribution in [1.82, 2.24) is 10.3 Å². The van der Waals surface area contributed by atoms with E-state index in [1.165, 1.54) is 0 Å². The van der Waals surface area contributed by atoms with Crippen LogP contribution in [0.5, 0.6) is 0 Å². The number of benzene rings is 3. The number of aromatic nitrogens is 1. The zero-order valence-corrected chi connectivity index (χ0v) is 19.8. The second-order valence-electron chi connectivity index (χ2n) is 8.93. The molecule has 5 rings (SSSR count). The summed E-state index contributed by atoms with van der Waals surface area (Å²) in [5, 5.41) is 12.2. The summed E-state index contributed by atoms with van der Waals surface area (Å²) in [5.41, 5.74) is 8.11. The maximum Gasteiger partial charge on any atom is 0.407 e. The number of rotatable bonds is 7. The van der Waals surface area contributed by atoms with Crippen molar-refractivity contribution >= 4 is 12.1 Å². The Balaban J connectivity index is 1.23. The van der Waals surface area contributed by atoms with Crippen LogP contribution in [-0.4, -0.2) is 34.8 Å². The van der Waals surface area contributed by atoms with Crippen molar-refractivity contribution in [2.24, 2.45) is 0 Å². The predicted octanol–water partition coefficient (Wildman–Crippen LogP) is 5.59. The van der Waals surface area contributed by atoms with E-state index >= 15 is 0 Å². The summed E-state index contributed by atoms with van der Waals surface area (Å²) in [6, 6.07) is 26.6. The van der Waals surface area contributed by atoms with Crippen LogP contribution in [0.15, 0.2) is 91.1 Å². The molecule has 0 saturated carbocycles. The molecule has 0 radical (unpaired) electrons. The molecule has 0 aliphatic heterocycles. The third-order valence-electron chi connectivity index (χ3n) is 6.62. The number of hydrogen-bond acceptors (Lipinski definition) is 4. The molecule has 1 unspecified atom stereocenters. The van der Waals surface area contributed by atoms with E-state index in [0.29, 0.717) is 5.56 Å². The lowest BCUT2D eigenvalue weighted by Gasteiger charge is -2.17. The van der Waals surface area contributed by atoms with E-state index < -0.39 is 18.1 Å². The molecular formula is C30H26N2O4. The number of alkyl carbamates (subject to hydrolysis) is 1. The first kappa shape index (κ1) is 23.3. The SMILES string of the molecule is Cc1ccccc1-c1ccc(CC(NC(=O)OCC2c3ccccc3-c3ccccc32)C(=O)O)cn1. The molecule has 0 spiro atoms. The zero-order chi connectivity index (χ0) is 25.1. The molecule has 3 aromatic carbocycles. The number of aryl methyl sites for hydroxylation is 1. The van der Waals surface area contributed by atoms with Crippen LogP contribution in [0.25, 0.3) is 22.4 Å². The van der Waals surface area contributed by atoms with Gasteiger partial charge in [-0.1, -0.05) is 78.9 Å². The van der Waals surface area contributed by atoms with E-state index in [9.17, 15) is 14.7 Å². The van der Waals surface area contributed by atoms with Gasteiger partial charge in [0.25, 0.3) is 0 Å². The predicted molar refractivity (Wildman–Crippen MR) is 138 cm³/mol. The standard InChI is InChI=1S/C30H26N2O4/c1-19-8-2-3-9-21(19)27-15-14-20(17-31-27)16-28(29(33)34)32-30(35)36-18-26-24-12-6-4-10-22(24)23-11-5-7-13-25(23)26/h2-15,17,26,28H,16,18H2,1H3,(H,32,35)(H,33,34). The van der Waals surface area contributed by atoms with Gasteiger partial charge in [0.05, 0.1) is 5.69 Å². The van der Waals surface area contributed by atoms with Gasteiger partial charge in [-0.3, -0.25) is 4.98 Å². The second-order valence-corrected chi connectivity index (χ2v) is 8.93. The monoisotopic (exact) mass is 478 g/mol. The minimum Gasteiger partial charge on any atom is -0.480 e. The topological polar surface area (TPSA) is 88.5 Å². The molecule has 0 fully saturated rings. The highest BCUT2D eigenvalue weighted by molar-refractivity contribution is 5.81. The number of aliphatic carboxylic acids is 1. The van der Waals surface area contributed by atoms with Crippen molar-refractivity contribution in [2.45, 2.75) is 25.3 Å². The Hall–Kier alpha value is -4.45. The molecule has 36 heavy (non-hydrogen) atoms. The second kappa shape index (κ2) is 10.0. The lowest BCUT2D eigenvalue weighted by molar-refractivity contribution is -0.139. The van der Waals surface area contributed by atoms with Crippen LogP contribution in [-0.2, 0) is 16.0 Å². The van der Waals surface area contributed by atoms with E-state index in [0.717, 1.165) is 39.1 Å². The summed E-state index contributed by atoms with van der Waals surface area (Å²) in [4.78, 5) is 29.0. The molecule has 180 valence electrons. The summed E-state index contributed by atoms with van der Waals surface area (Å²) >= 11 is 0. The molecule has 6 heteroatoms. The fraction of sp³-hybridized carbons (Fsp3) is 0.167. The highest BCUT2D eigenvalue weighted by Crippen LogP contribution is 2.44. The lowest BCUT2D eigenvalue weighted by atomic mass is 9.98. The Morgan fingerprint density at radius 3 is 2.08 bits per heavy atom. The largest absolute Gasteiger partial charge is 0.480 e. The van der Waals surface area contributed by atoms with Crippen molar-refractivity contribution in [2.75, 3.05) is 6.61 Å². The maximum absolute atomic E-state index is 12.6. The molecule has 0 bridgehead atoms. The molecule has 2 N–H and O–H groups in total. The van der Waals surface area contributed by atoms with Crippen molar-refractivity contribution in [3.05, 3.63) is 113 Å². The normalized spacial score (nSPS) is 12.9. The highest BCUT2D eigenvalue weighted by Gasteiger charge is 2.29. The van der Waals surface area contributed by atoms with E-state index in [2.05, 4.69) is 22.4 Å². The van der Waals surface area contributed by atoms with Crippen molar-refractivity contribution < 1.29 is 19.4 Å². The number of fused-ring (bicyclic) bond motifs is 3. The molecule has 1 atom stereocenters. The zero-order valence-electron chi connectivity index (χ0n) is 19.8. The van der Waals surface area contributed by atoms with Crippen LogP contribution in [0.3, 0.4) is 0 Å². The molecule has 1 amide bonds. The first-order valence-electron chi connectivity index (χ1n) is 11.9. The van der Waals surface area contributed by atoms with Gasteiger partial charge >= 0.3 is 12.1 Å². The Morgan fingerprint density at radius 1 is 0.889 bits per heavy atom. The molecule has 1 aromatic heterocycles. The smallest absolute Gasteiger partial charge is 0.407 e. The quantitative estimate of drug-likeness (QED) is 0.361. The van der Waals surface area contributed by atoms with Gasteiger partial charge < -0.3 is 15.2 Å².